The van der Waals surface area contributed by atoms with E-state index < -0.39 is 10.0 Å². The summed E-state index contributed by atoms with van der Waals surface area (Å²) in [6.45, 7) is 2.93. The average molecular weight is 314 g/mol. The molecule has 1 aliphatic carbocycles. The number of rotatable bonds is 6. The molecule has 1 aromatic heterocycles. The van der Waals surface area contributed by atoms with Gasteiger partial charge in [-0.25, -0.2) is 13.4 Å². The first-order chi connectivity index (χ1) is 10.1. The van der Waals surface area contributed by atoms with Crippen LogP contribution in [0.15, 0.2) is 17.2 Å². The summed E-state index contributed by atoms with van der Waals surface area (Å²) in [5, 5.41) is 4.79. The second-order valence-corrected chi connectivity index (χ2v) is 7.19. The van der Waals surface area contributed by atoms with E-state index in [-0.39, 0.29) is 0 Å². The van der Waals surface area contributed by atoms with Gasteiger partial charge in [0.25, 0.3) is 10.0 Å². The van der Waals surface area contributed by atoms with Crippen molar-refractivity contribution in [2.24, 2.45) is 0 Å². The zero-order chi connectivity index (χ0) is 14.9. The van der Waals surface area contributed by atoms with Gasteiger partial charge in [0.15, 0.2) is 0 Å². The highest BCUT2D eigenvalue weighted by Gasteiger charge is 2.29. The molecule has 1 saturated carbocycles. The van der Waals surface area contributed by atoms with Crippen molar-refractivity contribution >= 4 is 10.0 Å². The predicted octanol–water partition coefficient (Wildman–Crippen LogP) is 0.0679. The Hall–Kier alpha value is -0.930. The number of hydrogen-bond donors (Lipinski definition) is 2. The van der Waals surface area contributed by atoms with Gasteiger partial charge in [0.2, 0.25) is 0 Å². The SMILES string of the molecule is CNCc1cc(S(=O)(=O)NN2CCOCC2)cn1C1CC1. The fourth-order valence-electron chi connectivity index (χ4n) is 2.54. The van der Waals surface area contributed by atoms with Crippen LogP contribution < -0.4 is 10.1 Å². The molecule has 7 nitrogen and oxygen atoms in total. The molecule has 0 aromatic carbocycles. The van der Waals surface area contributed by atoms with Crippen molar-refractivity contribution in [1.82, 2.24) is 19.7 Å². The topological polar surface area (TPSA) is 75.6 Å². The molecule has 2 aliphatic rings. The fourth-order valence-corrected chi connectivity index (χ4v) is 3.71. The molecule has 1 aromatic rings. The zero-order valence-corrected chi connectivity index (χ0v) is 13.0. The van der Waals surface area contributed by atoms with Crippen molar-refractivity contribution in [2.45, 2.75) is 30.3 Å². The van der Waals surface area contributed by atoms with Crippen LogP contribution >= 0.6 is 0 Å². The molecule has 3 rings (SSSR count). The average Bonchev–Trinajstić information content (AvgIpc) is 3.21. The van der Waals surface area contributed by atoms with Gasteiger partial charge >= 0.3 is 0 Å². The van der Waals surface area contributed by atoms with E-state index in [1.165, 1.54) is 0 Å². The Labute approximate surface area is 125 Å². The Bertz CT molecular complexity index is 589. The van der Waals surface area contributed by atoms with E-state index >= 15 is 0 Å². The minimum absolute atomic E-state index is 0.339. The third-order valence-electron chi connectivity index (χ3n) is 3.78. The Morgan fingerprint density at radius 3 is 2.67 bits per heavy atom. The monoisotopic (exact) mass is 314 g/mol. The molecule has 0 spiro atoms. The van der Waals surface area contributed by atoms with Crippen LogP contribution in [0.2, 0.25) is 0 Å². The van der Waals surface area contributed by atoms with Gasteiger partial charge < -0.3 is 14.6 Å². The fraction of sp³-hybridized carbons (Fsp3) is 0.692. The van der Waals surface area contributed by atoms with Gasteiger partial charge in [0, 0.05) is 37.6 Å². The highest BCUT2D eigenvalue weighted by Crippen LogP contribution is 2.37. The maximum atomic E-state index is 12.5. The summed E-state index contributed by atoms with van der Waals surface area (Å²) in [5.74, 6) is 0. The third kappa shape index (κ3) is 3.46. The molecule has 1 aliphatic heterocycles. The smallest absolute Gasteiger partial charge is 0.254 e. The van der Waals surface area contributed by atoms with Crippen LogP contribution in [-0.4, -0.2) is 51.3 Å². The lowest BCUT2D eigenvalue weighted by Crippen LogP contribution is -2.48. The molecule has 0 bridgehead atoms. The maximum Gasteiger partial charge on any atom is 0.254 e. The number of nitrogens with zero attached hydrogens (tertiary/aromatic N) is 2. The molecule has 2 heterocycles. The van der Waals surface area contributed by atoms with Gasteiger partial charge in [-0.2, -0.15) is 0 Å². The van der Waals surface area contributed by atoms with Gasteiger partial charge in [0.05, 0.1) is 13.2 Å². The van der Waals surface area contributed by atoms with Gasteiger partial charge in [-0.05, 0) is 26.0 Å². The maximum absolute atomic E-state index is 12.5. The van der Waals surface area contributed by atoms with Crippen molar-refractivity contribution in [1.29, 1.82) is 0 Å². The summed E-state index contributed by atoms with van der Waals surface area (Å²) < 4.78 is 32.3. The highest BCUT2D eigenvalue weighted by atomic mass is 32.2. The van der Waals surface area contributed by atoms with E-state index in [1.54, 1.807) is 17.3 Å². The highest BCUT2D eigenvalue weighted by molar-refractivity contribution is 7.89. The lowest BCUT2D eigenvalue weighted by atomic mass is 10.4. The molecule has 8 heteroatoms. The number of ether oxygens (including phenoxy) is 1. The minimum Gasteiger partial charge on any atom is -0.379 e. The molecule has 0 unspecified atom stereocenters. The lowest BCUT2D eigenvalue weighted by molar-refractivity contribution is 0.0272. The summed E-state index contributed by atoms with van der Waals surface area (Å²) in [7, 11) is -1.65. The molecular formula is C13H22N4O3S. The van der Waals surface area contributed by atoms with Crippen molar-refractivity contribution in [3.8, 4) is 0 Å². The molecule has 21 heavy (non-hydrogen) atoms. The quantitative estimate of drug-likeness (QED) is 0.777. The molecular weight excluding hydrogens is 292 g/mol. The molecule has 0 atom stereocenters. The summed E-state index contributed by atoms with van der Waals surface area (Å²) in [6, 6.07) is 2.22. The van der Waals surface area contributed by atoms with Gasteiger partial charge in [0.1, 0.15) is 4.90 Å². The normalized spacial score (nSPS) is 20.8. The Balaban J connectivity index is 1.79. The lowest BCUT2D eigenvalue weighted by Gasteiger charge is -2.26. The van der Waals surface area contributed by atoms with Gasteiger partial charge in [-0.15, -0.1) is 4.83 Å². The number of hydrogen-bond acceptors (Lipinski definition) is 5. The zero-order valence-electron chi connectivity index (χ0n) is 12.2. The first kappa shape index (κ1) is 15.0. The van der Waals surface area contributed by atoms with Crippen molar-refractivity contribution in [3.63, 3.8) is 0 Å². The first-order valence-electron chi connectivity index (χ1n) is 7.30. The van der Waals surface area contributed by atoms with E-state index in [4.69, 9.17) is 4.74 Å². The number of aromatic nitrogens is 1. The third-order valence-corrected chi connectivity index (χ3v) is 5.12. The number of nitrogens with one attached hydrogen (secondary N) is 2. The summed E-state index contributed by atoms with van der Waals surface area (Å²) in [4.78, 5) is 2.98. The number of morpholine rings is 1. The van der Waals surface area contributed by atoms with E-state index in [0.29, 0.717) is 43.8 Å². The number of sulfonamides is 1. The second kappa shape index (κ2) is 6.05. The van der Waals surface area contributed by atoms with E-state index in [0.717, 1.165) is 18.5 Å². The van der Waals surface area contributed by atoms with Crippen molar-refractivity contribution < 1.29 is 13.2 Å². The van der Waals surface area contributed by atoms with Crippen LogP contribution in [0, 0.1) is 0 Å². The van der Waals surface area contributed by atoms with Crippen LogP contribution in [-0.2, 0) is 21.3 Å². The Morgan fingerprint density at radius 2 is 2.05 bits per heavy atom. The van der Waals surface area contributed by atoms with E-state index in [9.17, 15) is 8.42 Å². The van der Waals surface area contributed by atoms with Crippen molar-refractivity contribution in [3.05, 3.63) is 18.0 Å². The molecule has 118 valence electrons. The van der Waals surface area contributed by atoms with Gasteiger partial charge in [-0.3, -0.25) is 0 Å². The first-order valence-corrected chi connectivity index (χ1v) is 8.79. The van der Waals surface area contributed by atoms with E-state index in [2.05, 4.69) is 14.7 Å². The minimum atomic E-state index is -3.51. The molecule has 2 N–H and O–H groups in total. The second-order valence-electron chi connectivity index (χ2n) is 5.53. The molecule has 2 fully saturated rings. The molecule has 1 saturated heterocycles. The van der Waals surface area contributed by atoms with Gasteiger partial charge in [-0.1, -0.05) is 0 Å². The Kier molecular flexibility index (Phi) is 4.32. The van der Waals surface area contributed by atoms with Crippen LogP contribution in [0.5, 0.6) is 0 Å². The largest absolute Gasteiger partial charge is 0.379 e. The molecule has 0 radical (unpaired) electrons. The van der Waals surface area contributed by atoms with Crippen LogP contribution in [0.4, 0.5) is 0 Å². The van der Waals surface area contributed by atoms with Crippen LogP contribution in [0.3, 0.4) is 0 Å². The van der Waals surface area contributed by atoms with E-state index in [1.807, 2.05) is 7.05 Å². The van der Waals surface area contributed by atoms with Crippen LogP contribution in [0.25, 0.3) is 0 Å². The van der Waals surface area contributed by atoms with Crippen molar-refractivity contribution in [2.75, 3.05) is 33.4 Å². The standard InChI is InChI=1S/C13H22N4O3S/c1-14-9-12-8-13(10-17(12)11-2-3-11)21(18,19)15-16-4-6-20-7-5-16/h8,10-11,14-15H,2-7,9H2,1H3. The summed E-state index contributed by atoms with van der Waals surface area (Å²) >= 11 is 0. The summed E-state index contributed by atoms with van der Waals surface area (Å²) in [6.07, 6.45) is 4.01. The number of hydrazine groups is 1. The van der Waals surface area contributed by atoms with Crippen LogP contribution in [0.1, 0.15) is 24.6 Å². The Morgan fingerprint density at radius 1 is 1.33 bits per heavy atom. The summed E-state index contributed by atoms with van der Waals surface area (Å²) in [5.41, 5.74) is 1.02. The predicted molar refractivity (Wildman–Crippen MR) is 78.2 cm³/mol. The molecule has 0 amide bonds.